The van der Waals surface area contributed by atoms with Crippen molar-refractivity contribution in [1.29, 1.82) is 5.26 Å². The number of amides is 5. The van der Waals surface area contributed by atoms with Crippen molar-refractivity contribution in [1.82, 2.24) is 26.2 Å². The molecule has 4 bridgehead atoms. The van der Waals surface area contributed by atoms with E-state index in [1.54, 1.807) is 36.4 Å². The van der Waals surface area contributed by atoms with E-state index < -0.39 is 53.7 Å². The first-order valence-corrected chi connectivity index (χ1v) is 18.7. The smallest absolute Gasteiger partial charge is 0.262 e. The van der Waals surface area contributed by atoms with Crippen LogP contribution in [0.3, 0.4) is 0 Å². The molecule has 0 unspecified atom stereocenters. The lowest BCUT2D eigenvalue weighted by Gasteiger charge is -2.32. The highest BCUT2D eigenvalue weighted by Gasteiger charge is 2.36. The average Bonchev–Trinajstić information content (AvgIpc) is 3.51. The Morgan fingerprint density at radius 3 is 2.22 bits per heavy atom. The summed E-state index contributed by atoms with van der Waals surface area (Å²) in [4.78, 5) is 71.5. The molecule has 0 saturated carbocycles. The van der Waals surface area contributed by atoms with E-state index in [1.165, 1.54) is 30.2 Å². The number of carbonyl (C=O) groups excluding carboxylic acids is 5. The summed E-state index contributed by atoms with van der Waals surface area (Å²) in [6.45, 7) is 5.64. The molecule has 294 valence electrons. The molecule has 2 heterocycles. The number of hydrogen-bond donors (Lipinski definition) is 7. The van der Waals surface area contributed by atoms with Crippen LogP contribution in [0, 0.1) is 25.2 Å². The van der Waals surface area contributed by atoms with E-state index in [4.69, 9.17) is 31.9 Å². The Morgan fingerprint density at radius 2 is 1.62 bits per heavy atom. The zero-order valence-electron chi connectivity index (χ0n) is 31.4. The van der Waals surface area contributed by atoms with Gasteiger partial charge in [-0.2, -0.15) is 5.26 Å². The van der Waals surface area contributed by atoms with Crippen molar-refractivity contribution >= 4 is 40.9 Å². The van der Waals surface area contributed by atoms with Crippen molar-refractivity contribution in [2.75, 3.05) is 46.4 Å². The molecular formula is C38H49N9O7S. The van der Waals surface area contributed by atoms with Gasteiger partial charge in [0.1, 0.15) is 55.4 Å². The van der Waals surface area contributed by atoms with Gasteiger partial charge in [-0.05, 0) is 80.8 Å². The van der Waals surface area contributed by atoms with Gasteiger partial charge >= 0.3 is 0 Å². The fourth-order valence-corrected chi connectivity index (χ4v) is 7.15. The second-order valence-electron chi connectivity index (χ2n) is 13.1. The number of ether oxygens (including phenoxy) is 2. The molecule has 1 aliphatic heterocycles. The molecule has 4 atom stereocenters. The molecule has 17 heteroatoms. The van der Waals surface area contributed by atoms with E-state index in [2.05, 4.69) is 21.3 Å². The van der Waals surface area contributed by atoms with Gasteiger partial charge in [0.05, 0.1) is 10.9 Å². The van der Waals surface area contributed by atoms with Crippen LogP contribution in [-0.4, -0.2) is 99.0 Å². The lowest BCUT2D eigenvalue weighted by Crippen LogP contribution is -2.56. The SMILES string of the molecule is Cc1cc(C)c(C(=O)N[C@@H](CCN)C(=O)N(C)[C@@H]2C(=O)N[C@@H](C)C(=O)N[C@H](C(=O)NCC#N)Cc3ccc(OCCN)c(c3)-c3cc2ccc3OCCN)s1. The second-order valence-corrected chi connectivity index (χ2v) is 14.3. The van der Waals surface area contributed by atoms with Crippen LogP contribution in [0.5, 0.6) is 11.5 Å². The van der Waals surface area contributed by atoms with E-state index in [-0.39, 0.29) is 52.2 Å². The number of rotatable bonds is 14. The first-order valence-electron chi connectivity index (χ1n) is 17.9. The molecule has 0 radical (unpaired) electrons. The van der Waals surface area contributed by atoms with Crippen LogP contribution in [0.4, 0.5) is 0 Å². The number of nitriles is 1. The van der Waals surface area contributed by atoms with Gasteiger partial charge in [-0.25, -0.2) is 0 Å². The zero-order chi connectivity index (χ0) is 40.2. The van der Waals surface area contributed by atoms with Crippen LogP contribution in [0.25, 0.3) is 11.1 Å². The number of carbonyl (C=O) groups is 5. The molecule has 1 aliphatic rings. The molecule has 55 heavy (non-hydrogen) atoms. The van der Waals surface area contributed by atoms with Gasteiger partial charge < -0.3 is 52.8 Å². The number of nitrogens with zero attached hydrogens (tertiary/aromatic N) is 2. The van der Waals surface area contributed by atoms with Crippen molar-refractivity contribution in [3.63, 3.8) is 0 Å². The molecule has 5 amide bonds. The Bertz CT molecular complexity index is 1930. The summed E-state index contributed by atoms with van der Waals surface area (Å²) in [5.41, 5.74) is 20.2. The number of likely N-dealkylation sites (N-methyl/N-ethyl adjacent to an activating group) is 1. The Hall–Kier alpha value is -5.54. The monoisotopic (exact) mass is 775 g/mol. The van der Waals surface area contributed by atoms with Crippen LogP contribution >= 0.6 is 11.3 Å². The summed E-state index contributed by atoms with van der Waals surface area (Å²) in [6.07, 6.45) is 0.0949. The number of hydrogen-bond acceptors (Lipinski definition) is 12. The number of thiophene rings is 1. The van der Waals surface area contributed by atoms with Gasteiger partial charge in [-0.15, -0.1) is 11.3 Å². The van der Waals surface area contributed by atoms with Crippen LogP contribution in [-0.2, 0) is 25.6 Å². The van der Waals surface area contributed by atoms with Crippen LogP contribution < -0.4 is 47.9 Å². The molecule has 10 N–H and O–H groups in total. The maximum atomic E-state index is 14.4. The first kappa shape index (κ1) is 42.2. The zero-order valence-corrected chi connectivity index (χ0v) is 32.2. The third-order valence-electron chi connectivity index (χ3n) is 8.86. The van der Waals surface area contributed by atoms with E-state index >= 15 is 0 Å². The number of fused-ring (bicyclic) bond motifs is 5. The summed E-state index contributed by atoms with van der Waals surface area (Å²) in [6, 6.07) is 9.18. The maximum absolute atomic E-state index is 14.4. The number of benzene rings is 2. The van der Waals surface area contributed by atoms with Crippen molar-refractivity contribution in [3.05, 3.63) is 68.9 Å². The summed E-state index contributed by atoms with van der Waals surface area (Å²) < 4.78 is 12.1. The van der Waals surface area contributed by atoms with E-state index in [1.807, 2.05) is 26.0 Å². The second kappa shape index (κ2) is 19.7. The van der Waals surface area contributed by atoms with Gasteiger partial charge in [-0.1, -0.05) is 12.1 Å². The highest BCUT2D eigenvalue weighted by Crippen LogP contribution is 2.40. The van der Waals surface area contributed by atoms with Gasteiger partial charge in [0.25, 0.3) is 5.91 Å². The minimum atomic E-state index is -1.35. The van der Waals surface area contributed by atoms with Crippen LogP contribution in [0.15, 0.2) is 42.5 Å². The minimum absolute atomic E-state index is 0.0190. The number of nitrogens with two attached hydrogens (primary N) is 3. The van der Waals surface area contributed by atoms with Crippen molar-refractivity contribution in [2.24, 2.45) is 17.2 Å². The van der Waals surface area contributed by atoms with Gasteiger partial charge in [0, 0.05) is 42.6 Å². The Balaban J connectivity index is 1.89. The molecule has 0 aliphatic carbocycles. The topological polar surface area (TPSA) is 257 Å². The van der Waals surface area contributed by atoms with E-state index in [0.717, 1.165) is 10.4 Å². The van der Waals surface area contributed by atoms with Crippen LogP contribution in [0.1, 0.15) is 50.6 Å². The van der Waals surface area contributed by atoms with Crippen LogP contribution in [0.2, 0.25) is 0 Å². The maximum Gasteiger partial charge on any atom is 0.262 e. The van der Waals surface area contributed by atoms with E-state index in [9.17, 15) is 24.0 Å². The molecule has 0 spiro atoms. The van der Waals surface area contributed by atoms with Crippen molar-refractivity contribution in [2.45, 2.75) is 57.8 Å². The molecule has 1 aromatic heterocycles. The third-order valence-corrected chi connectivity index (χ3v) is 10.0. The largest absolute Gasteiger partial charge is 0.492 e. The molecular weight excluding hydrogens is 727 g/mol. The fourth-order valence-electron chi connectivity index (χ4n) is 6.22. The normalized spacial score (nSPS) is 17.4. The van der Waals surface area contributed by atoms with E-state index in [0.29, 0.717) is 38.6 Å². The van der Waals surface area contributed by atoms with Gasteiger partial charge in [0.15, 0.2) is 0 Å². The Labute approximate surface area is 324 Å². The molecule has 3 aromatic rings. The molecule has 2 aromatic carbocycles. The van der Waals surface area contributed by atoms with Crippen molar-refractivity contribution < 1.29 is 33.4 Å². The summed E-state index contributed by atoms with van der Waals surface area (Å²) in [5, 5.41) is 19.8. The Kier molecular flexibility index (Phi) is 15.1. The molecule has 0 saturated heterocycles. The summed E-state index contributed by atoms with van der Waals surface area (Å²) in [5.74, 6) is -2.25. The molecule has 4 rings (SSSR count). The lowest BCUT2D eigenvalue weighted by molar-refractivity contribution is -0.141. The fraction of sp³-hybridized carbons (Fsp3) is 0.421. The first-order chi connectivity index (χ1) is 26.3. The lowest BCUT2D eigenvalue weighted by atomic mass is 9.93. The molecule has 16 nitrogen and oxygen atoms in total. The van der Waals surface area contributed by atoms with Gasteiger partial charge in [0.2, 0.25) is 23.6 Å². The number of nitrogens with one attached hydrogen (secondary N) is 4. The van der Waals surface area contributed by atoms with Crippen molar-refractivity contribution in [3.8, 4) is 28.7 Å². The predicted molar refractivity (Wildman–Crippen MR) is 207 cm³/mol. The standard InChI is InChI=1S/C38H49N9O7S/c1-21-17-22(2)55-33(21)37(51)45-28(9-10-39)38(52)47(4)32-25-6-8-31(54-16-13-42)27(20-25)26-18-24(5-7-30(26)53-15-12-41)19-29(35(49)43-14-11-40)46-34(48)23(3)44-36(32)50/h5-8,17-18,20,23,28-29,32H,9-10,12-16,19,39,41-42H2,1-4H3,(H,43,49)(H,44,50)(H,45,51)(H,46,48)/t23-,28-,29-,32-/m0/s1. The quantitative estimate of drug-likeness (QED) is 0.111. The number of aryl methyl sites for hydroxylation is 2. The third kappa shape index (κ3) is 10.6. The summed E-state index contributed by atoms with van der Waals surface area (Å²) in [7, 11) is 1.43. The summed E-state index contributed by atoms with van der Waals surface area (Å²) >= 11 is 1.30. The predicted octanol–water partition coefficient (Wildman–Crippen LogP) is 0.539. The highest BCUT2D eigenvalue weighted by atomic mass is 32.1. The Morgan fingerprint density at radius 1 is 0.964 bits per heavy atom. The van der Waals surface area contributed by atoms with Gasteiger partial charge in [-0.3, -0.25) is 24.0 Å². The molecule has 0 fully saturated rings. The highest BCUT2D eigenvalue weighted by molar-refractivity contribution is 7.14. The average molecular weight is 776 g/mol. The minimum Gasteiger partial charge on any atom is -0.492 e.